The third-order valence-electron chi connectivity index (χ3n) is 4.30. The maximum Gasteiger partial charge on any atom is 0.326 e. The van der Waals surface area contributed by atoms with Crippen LogP contribution in [-0.4, -0.2) is 39.5 Å². The van der Waals surface area contributed by atoms with Crippen LogP contribution in [0.4, 0.5) is 0 Å². The zero-order valence-corrected chi connectivity index (χ0v) is 12.9. The molecule has 5 heteroatoms. The molecular formula is C18H18N2O3. The molecular weight excluding hydrogens is 292 g/mol. The third kappa shape index (κ3) is 2.82. The summed E-state index contributed by atoms with van der Waals surface area (Å²) in [5.74, 6) is -1.15. The summed E-state index contributed by atoms with van der Waals surface area (Å²) in [6.45, 7) is 2.37. The minimum atomic E-state index is -0.936. The number of rotatable bonds is 3. The van der Waals surface area contributed by atoms with Crippen molar-refractivity contribution in [2.24, 2.45) is 0 Å². The van der Waals surface area contributed by atoms with Crippen molar-refractivity contribution in [1.82, 2.24) is 9.88 Å². The van der Waals surface area contributed by atoms with E-state index in [0.717, 1.165) is 23.2 Å². The third-order valence-corrected chi connectivity index (χ3v) is 4.30. The Hall–Kier alpha value is -2.69. The second-order valence-electron chi connectivity index (χ2n) is 5.69. The predicted octanol–water partition coefficient (Wildman–Crippen LogP) is 2.75. The Kier molecular flexibility index (Phi) is 4.10. The van der Waals surface area contributed by atoms with Gasteiger partial charge in [0.15, 0.2) is 0 Å². The molecule has 3 rings (SSSR count). The van der Waals surface area contributed by atoms with Crippen LogP contribution in [0.2, 0.25) is 0 Å². The van der Waals surface area contributed by atoms with Gasteiger partial charge in [-0.3, -0.25) is 9.78 Å². The zero-order chi connectivity index (χ0) is 16.4. The quantitative estimate of drug-likeness (QED) is 0.946. The van der Waals surface area contributed by atoms with E-state index in [1.807, 2.05) is 37.3 Å². The number of aromatic nitrogens is 1. The van der Waals surface area contributed by atoms with E-state index in [4.69, 9.17) is 0 Å². The van der Waals surface area contributed by atoms with Crippen molar-refractivity contribution in [2.75, 3.05) is 6.54 Å². The van der Waals surface area contributed by atoms with Crippen LogP contribution in [0.5, 0.6) is 0 Å². The summed E-state index contributed by atoms with van der Waals surface area (Å²) in [5.41, 5.74) is 3.06. The summed E-state index contributed by atoms with van der Waals surface area (Å²) in [7, 11) is 0. The minimum absolute atomic E-state index is 0.217. The number of carbonyl (C=O) groups excluding carboxylic acids is 1. The molecule has 0 unspecified atom stereocenters. The van der Waals surface area contributed by atoms with Crippen LogP contribution in [0.25, 0.3) is 11.3 Å². The normalized spacial score (nSPS) is 17.3. The van der Waals surface area contributed by atoms with Gasteiger partial charge in [-0.2, -0.15) is 0 Å². The van der Waals surface area contributed by atoms with Crippen molar-refractivity contribution in [3.8, 4) is 11.3 Å². The molecule has 1 aliphatic heterocycles. The first-order valence-corrected chi connectivity index (χ1v) is 7.64. The lowest BCUT2D eigenvalue weighted by molar-refractivity contribution is -0.141. The minimum Gasteiger partial charge on any atom is -0.480 e. The molecule has 1 fully saturated rings. The van der Waals surface area contributed by atoms with E-state index in [0.29, 0.717) is 18.5 Å². The van der Waals surface area contributed by atoms with Crippen LogP contribution in [0.1, 0.15) is 28.8 Å². The molecule has 1 aromatic heterocycles. The average Bonchev–Trinajstić information content (AvgIpc) is 3.05. The topological polar surface area (TPSA) is 70.5 Å². The second-order valence-corrected chi connectivity index (χ2v) is 5.69. The van der Waals surface area contributed by atoms with Crippen molar-refractivity contribution in [1.29, 1.82) is 0 Å². The van der Waals surface area contributed by atoms with Gasteiger partial charge in [0.2, 0.25) is 0 Å². The number of likely N-dealkylation sites (tertiary alicyclic amines) is 1. The number of pyridine rings is 1. The summed E-state index contributed by atoms with van der Waals surface area (Å²) < 4.78 is 0. The molecule has 5 nitrogen and oxygen atoms in total. The molecule has 1 atom stereocenters. The monoisotopic (exact) mass is 310 g/mol. The standard InChI is InChI=1S/C18H18N2O3/c1-12-13(15-8-2-3-10-19-15)6-4-7-14(12)17(21)20-11-5-9-16(20)18(22)23/h2-4,6-8,10,16H,5,9,11H2,1H3,(H,22,23)/t16-/m1/s1. The van der Waals surface area contributed by atoms with E-state index in [-0.39, 0.29) is 5.91 Å². The average molecular weight is 310 g/mol. The lowest BCUT2D eigenvalue weighted by atomic mass is 9.98. The highest BCUT2D eigenvalue weighted by atomic mass is 16.4. The van der Waals surface area contributed by atoms with Crippen LogP contribution in [-0.2, 0) is 4.79 Å². The first kappa shape index (κ1) is 15.2. The van der Waals surface area contributed by atoms with Gasteiger partial charge < -0.3 is 10.0 Å². The van der Waals surface area contributed by atoms with E-state index < -0.39 is 12.0 Å². The van der Waals surface area contributed by atoms with Gasteiger partial charge in [-0.15, -0.1) is 0 Å². The maximum absolute atomic E-state index is 12.8. The Morgan fingerprint density at radius 1 is 1.22 bits per heavy atom. The Morgan fingerprint density at radius 2 is 2.04 bits per heavy atom. The summed E-state index contributed by atoms with van der Waals surface area (Å²) in [4.78, 5) is 29.9. The Bertz CT molecular complexity index is 743. The maximum atomic E-state index is 12.8. The highest BCUT2D eigenvalue weighted by molar-refractivity contribution is 5.99. The summed E-state index contributed by atoms with van der Waals surface area (Å²) in [6, 6.07) is 10.4. The van der Waals surface area contributed by atoms with E-state index in [9.17, 15) is 14.7 Å². The molecule has 1 N–H and O–H groups in total. The molecule has 0 bridgehead atoms. The van der Waals surface area contributed by atoms with E-state index in [2.05, 4.69) is 4.98 Å². The first-order chi connectivity index (χ1) is 11.1. The molecule has 0 aliphatic carbocycles. The van der Waals surface area contributed by atoms with Gasteiger partial charge in [0.25, 0.3) is 5.91 Å². The van der Waals surface area contributed by atoms with Gasteiger partial charge in [0.1, 0.15) is 6.04 Å². The van der Waals surface area contributed by atoms with E-state index >= 15 is 0 Å². The predicted molar refractivity (Wildman–Crippen MR) is 86.1 cm³/mol. The summed E-state index contributed by atoms with van der Waals surface area (Å²) in [6.07, 6.45) is 2.95. The summed E-state index contributed by atoms with van der Waals surface area (Å²) in [5, 5.41) is 9.28. The van der Waals surface area contributed by atoms with Crippen molar-refractivity contribution in [3.63, 3.8) is 0 Å². The number of aliphatic carboxylic acids is 1. The highest BCUT2D eigenvalue weighted by Crippen LogP contribution is 2.27. The van der Waals surface area contributed by atoms with Crippen LogP contribution in [0.3, 0.4) is 0 Å². The van der Waals surface area contributed by atoms with Gasteiger partial charge in [-0.25, -0.2) is 4.79 Å². The number of benzene rings is 1. The molecule has 118 valence electrons. The van der Waals surface area contributed by atoms with Crippen LogP contribution >= 0.6 is 0 Å². The Balaban J connectivity index is 1.98. The molecule has 1 aromatic carbocycles. The Labute approximate surface area is 134 Å². The SMILES string of the molecule is Cc1c(C(=O)N2CCC[C@@H]2C(=O)O)cccc1-c1ccccn1. The van der Waals surface area contributed by atoms with Crippen molar-refractivity contribution >= 4 is 11.9 Å². The van der Waals surface area contributed by atoms with E-state index in [1.54, 1.807) is 12.3 Å². The number of hydrogen-bond acceptors (Lipinski definition) is 3. The largest absolute Gasteiger partial charge is 0.480 e. The lowest BCUT2D eigenvalue weighted by Crippen LogP contribution is -2.40. The molecule has 0 spiro atoms. The van der Waals surface area contributed by atoms with Gasteiger partial charge in [0, 0.05) is 23.9 Å². The molecule has 1 amide bonds. The second kappa shape index (κ2) is 6.20. The molecule has 2 heterocycles. The molecule has 1 saturated heterocycles. The Morgan fingerprint density at radius 3 is 2.74 bits per heavy atom. The van der Waals surface area contributed by atoms with Crippen LogP contribution in [0, 0.1) is 6.92 Å². The van der Waals surface area contributed by atoms with Gasteiger partial charge in [-0.1, -0.05) is 18.2 Å². The van der Waals surface area contributed by atoms with Crippen molar-refractivity contribution in [3.05, 3.63) is 53.7 Å². The number of carboxylic acid groups (broad SMARTS) is 1. The fourth-order valence-corrected chi connectivity index (χ4v) is 3.09. The van der Waals surface area contributed by atoms with Crippen LogP contribution < -0.4 is 0 Å². The summed E-state index contributed by atoms with van der Waals surface area (Å²) >= 11 is 0. The molecule has 0 radical (unpaired) electrons. The number of carbonyl (C=O) groups is 2. The number of hydrogen-bond donors (Lipinski definition) is 1. The van der Waals surface area contributed by atoms with Gasteiger partial charge in [-0.05, 0) is 43.5 Å². The zero-order valence-electron chi connectivity index (χ0n) is 12.9. The fourth-order valence-electron chi connectivity index (χ4n) is 3.09. The van der Waals surface area contributed by atoms with Gasteiger partial charge >= 0.3 is 5.97 Å². The number of nitrogens with zero attached hydrogens (tertiary/aromatic N) is 2. The smallest absolute Gasteiger partial charge is 0.326 e. The first-order valence-electron chi connectivity index (χ1n) is 7.64. The molecule has 0 saturated carbocycles. The molecule has 1 aliphatic rings. The molecule has 2 aromatic rings. The van der Waals surface area contributed by atoms with Gasteiger partial charge in [0.05, 0.1) is 5.69 Å². The number of amides is 1. The van der Waals surface area contributed by atoms with E-state index in [1.165, 1.54) is 4.90 Å². The number of carboxylic acids is 1. The lowest BCUT2D eigenvalue weighted by Gasteiger charge is -2.23. The van der Waals surface area contributed by atoms with Crippen LogP contribution in [0.15, 0.2) is 42.6 Å². The highest BCUT2D eigenvalue weighted by Gasteiger charge is 2.35. The molecule has 23 heavy (non-hydrogen) atoms. The van der Waals surface area contributed by atoms with Crippen molar-refractivity contribution < 1.29 is 14.7 Å². The van der Waals surface area contributed by atoms with Crippen molar-refractivity contribution in [2.45, 2.75) is 25.8 Å². The fraction of sp³-hybridized carbons (Fsp3) is 0.278.